The third-order valence-corrected chi connectivity index (χ3v) is 16.3. The molecule has 9 nitrogen and oxygen atoms in total. The highest BCUT2D eigenvalue weighted by Gasteiger charge is 2.52. The standard InChI is InChI=1S/C43H56ClF3N4O5S/c1-29-6-4-15-42(56-28-43(45,46)47,26-49-16-17-50-18-19-54-24-35(50)23-49)37-11-8-33(37)22-51-25-41(14-5-7-31-20-34(44)10-12-36(31)41)27-55-39-13-9-32(21-38(39)51)40(52)48-57(3,53)30(29)2/h4,9-10,12-13,15,20-21,29-30,33,35,37H,3,5-8,11,14,16-19,22-28H2,1-2H3,(H,48,52,53)/b15-4+/t29-,30+,33-,35-,37+,41-,42+,57?/m0/s1. The van der Waals surface area contributed by atoms with Crippen LogP contribution in [0.2, 0.25) is 5.02 Å². The molecule has 312 valence electrons. The van der Waals surface area contributed by atoms with Gasteiger partial charge < -0.3 is 19.1 Å². The van der Waals surface area contributed by atoms with Crippen LogP contribution in [0.5, 0.6) is 5.75 Å². The summed E-state index contributed by atoms with van der Waals surface area (Å²) in [6, 6.07) is 11.6. The quantitative estimate of drug-likeness (QED) is 0.276. The fraction of sp³-hybridized carbons (Fsp3) is 0.628. The van der Waals surface area contributed by atoms with Gasteiger partial charge in [0.2, 0.25) is 0 Å². The summed E-state index contributed by atoms with van der Waals surface area (Å²) in [5, 5.41) is 0.161. The second kappa shape index (κ2) is 16.0. The third-order valence-electron chi connectivity index (χ3n) is 13.9. The first kappa shape index (κ1) is 40.9. The fourth-order valence-corrected chi connectivity index (χ4v) is 12.0. The Morgan fingerprint density at radius 2 is 1.95 bits per heavy atom. The van der Waals surface area contributed by atoms with Crippen LogP contribution in [0.4, 0.5) is 18.9 Å². The molecule has 4 aliphatic heterocycles. The van der Waals surface area contributed by atoms with Gasteiger partial charge in [0.25, 0.3) is 5.91 Å². The number of morpholine rings is 1. The summed E-state index contributed by atoms with van der Waals surface area (Å²) in [7, 11) is -3.13. The molecule has 0 aromatic heterocycles. The van der Waals surface area contributed by atoms with Crippen molar-refractivity contribution in [2.45, 2.75) is 80.9 Å². The summed E-state index contributed by atoms with van der Waals surface area (Å²) in [5.74, 6) is 3.71. The predicted octanol–water partition coefficient (Wildman–Crippen LogP) is 6.52. The number of hydrogen-bond donors (Lipinski definition) is 1. The molecule has 4 heterocycles. The number of aryl methyl sites for hydroxylation is 1. The summed E-state index contributed by atoms with van der Waals surface area (Å²) in [6.45, 7) is 8.61. The van der Waals surface area contributed by atoms with Crippen LogP contribution in [0.3, 0.4) is 0 Å². The molecule has 57 heavy (non-hydrogen) atoms. The Labute approximate surface area is 340 Å². The van der Waals surface area contributed by atoms with Crippen molar-refractivity contribution in [3.05, 3.63) is 70.3 Å². The summed E-state index contributed by atoms with van der Waals surface area (Å²) in [4.78, 5) is 20.8. The van der Waals surface area contributed by atoms with E-state index in [4.69, 9.17) is 25.8 Å². The van der Waals surface area contributed by atoms with Gasteiger partial charge in [0.1, 0.15) is 18.0 Å². The topological polar surface area (TPSA) is 83.6 Å². The molecule has 8 atom stereocenters. The minimum absolute atomic E-state index is 0.0150. The van der Waals surface area contributed by atoms with Crippen molar-refractivity contribution in [3.8, 4) is 5.75 Å². The third kappa shape index (κ3) is 8.48. The number of fused-ring (bicyclic) bond motifs is 5. The molecule has 1 amide bonds. The average molecular weight is 833 g/mol. The Hall–Kier alpha value is -2.81. The number of allylic oxidation sites excluding steroid dienone is 1. The maximum atomic E-state index is 14.3. The molecule has 1 unspecified atom stereocenters. The Bertz CT molecular complexity index is 1970. The van der Waals surface area contributed by atoms with Crippen LogP contribution in [0.1, 0.15) is 67.4 Å². The normalized spacial score (nSPS) is 35.8. The maximum absolute atomic E-state index is 14.3. The summed E-state index contributed by atoms with van der Waals surface area (Å²) in [6.07, 6.45) is 4.01. The number of halogens is 4. The van der Waals surface area contributed by atoms with Gasteiger partial charge in [0.05, 0.1) is 35.2 Å². The molecule has 2 aromatic rings. The number of nitrogens with one attached hydrogen (secondary N) is 1. The zero-order chi connectivity index (χ0) is 40.2. The average Bonchev–Trinajstić information content (AvgIpc) is 3.31. The molecule has 1 saturated carbocycles. The van der Waals surface area contributed by atoms with Gasteiger partial charge in [-0.05, 0) is 111 Å². The molecule has 6 aliphatic rings. The lowest BCUT2D eigenvalue weighted by Crippen LogP contribution is -2.63. The monoisotopic (exact) mass is 832 g/mol. The van der Waals surface area contributed by atoms with Crippen LogP contribution in [0.25, 0.3) is 0 Å². The molecule has 2 aromatic carbocycles. The summed E-state index contributed by atoms with van der Waals surface area (Å²) < 4.78 is 78.5. The highest BCUT2D eigenvalue weighted by molar-refractivity contribution is 7.99. The van der Waals surface area contributed by atoms with Gasteiger partial charge in [-0.3, -0.25) is 19.3 Å². The van der Waals surface area contributed by atoms with Gasteiger partial charge in [0, 0.05) is 73.1 Å². The van der Waals surface area contributed by atoms with Crippen molar-refractivity contribution in [1.82, 2.24) is 14.5 Å². The van der Waals surface area contributed by atoms with Crippen LogP contribution in [0, 0.1) is 17.8 Å². The Morgan fingerprint density at radius 3 is 2.74 bits per heavy atom. The SMILES string of the molecule is C=S1(=O)NC(=O)c2ccc3c(c2)N(C[C@@H]2CC[C@H]2[C@@](CN2CCN4CCOC[C@@H]4C2)(OCC(F)(F)F)/C=C/C[C@H](C)[C@H]1C)C[C@@]1(CCCc2cc(Cl)ccc21)CO3. The first-order chi connectivity index (χ1) is 27.1. The largest absolute Gasteiger partial charge is 0.490 e. The van der Waals surface area contributed by atoms with Gasteiger partial charge in [-0.25, -0.2) is 4.21 Å². The van der Waals surface area contributed by atoms with E-state index in [1.807, 2.05) is 43.3 Å². The number of ether oxygens (including phenoxy) is 3. The van der Waals surface area contributed by atoms with Crippen LogP contribution in [-0.4, -0.2) is 121 Å². The first-order valence-corrected chi connectivity index (χ1v) is 22.7. The van der Waals surface area contributed by atoms with E-state index in [2.05, 4.69) is 31.4 Å². The van der Waals surface area contributed by atoms with Crippen LogP contribution >= 0.6 is 11.6 Å². The Balaban J connectivity index is 1.22. The summed E-state index contributed by atoms with van der Waals surface area (Å²) >= 11 is 6.49. The van der Waals surface area contributed by atoms with Gasteiger partial charge in [0.15, 0.2) is 0 Å². The van der Waals surface area contributed by atoms with Crippen LogP contribution in [-0.2, 0) is 31.0 Å². The van der Waals surface area contributed by atoms with Crippen LogP contribution < -0.4 is 14.4 Å². The molecular formula is C43H56ClF3N4O5S. The second-order valence-electron chi connectivity index (χ2n) is 17.6. The van der Waals surface area contributed by atoms with E-state index in [1.54, 1.807) is 13.0 Å². The van der Waals surface area contributed by atoms with Crippen LogP contribution in [0.15, 0.2) is 48.6 Å². The maximum Gasteiger partial charge on any atom is 0.411 e. The van der Waals surface area contributed by atoms with Crippen molar-refractivity contribution in [1.29, 1.82) is 0 Å². The number of rotatable bonds is 4. The van der Waals surface area contributed by atoms with E-state index in [0.29, 0.717) is 75.2 Å². The van der Waals surface area contributed by atoms with E-state index in [9.17, 15) is 22.2 Å². The zero-order valence-electron chi connectivity index (χ0n) is 33.0. The van der Waals surface area contributed by atoms with Gasteiger partial charge >= 0.3 is 6.18 Å². The second-order valence-corrected chi connectivity index (χ2v) is 20.4. The lowest BCUT2D eigenvalue weighted by Gasteiger charge is -2.53. The van der Waals surface area contributed by atoms with Gasteiger partial charge in [-0.15, -0.1) is 0 Å². The zero-order valence-corrected chi connectivity index (χ0v) is 34.6. The molecule has 8 rings (SSSR count). The lowest BCUT2D eigenvalue weighted by atomic mass is 9.63. The number of alkyl halides is 3. The number of nitrogens with zero attached hydrogens (tertiary/aromatic N) is 3. The van der Waals surface area contributed by atoms with E-state index in [1.165, 1.54) is 11.1 Å². The highest BCUT2D eigenvalue weighted by atomic mass is 35.5. The Morgan fingerprint density at radius 1 is 1.11 bits per heavy atom. The summed E-state index contributed by atoms with van der Waals surface area (Å²) in [5.41, 5.74) is 1.84. The first-order valence-electron chi connectivity index (χ1n) is 20.6. The van der Waals surface area contributed by atoms with Gasteiger partial charge in [-0.1, -0.05) is 36.7 Å². The van der Waals surface area contributed by atoms with E-state index < -0.39 is 44.7 Å². The van der Waals surface area contributed by atoms with Gasteiger partial charge in [-0.2, -0.15) is 13.2 Å². The number of piperazine rings is 1. The number of benzene rings is 2. The lowest BCUT2D eigenvalue weighted by molar-refractivity contribution is -0.219. The molecule has 1 N–H and O–H groups in total. The molecule has 2 aliphatic carbocycles. The minimum atomic E-state index is -4.52. The minimum Gasteiger partial charge on any atom is -0.490 e. The number of anilines is 1. The predicted molar refractivity (Wildman–Crippen MR) is 219 cm³/mol. The number of carbonyl (C=O) groups is 1. The molecule has 3 fully saturated rings. The van der Waals surface area contributed by atoms with E-state index >= 15 is 0 Å². The molecular weight excluding hydrogens is 777 g/mol. The fourth-order valence-electron chi connectivity index (χ4n) is 10.3. The molecule has 2 bridgehead atoms. The van der Waals surface area contributed by atoms with Crippen molar-refractivity contribution in [2.24, 2.45) is 17.8 Å². The molecule has 0 radical (unpaired) electrons. The molecule has 14 heteroatoms. The van der Waals surface area contributed by atoms with Crippen molar-refractivity contribution in [2.75, 3.05) is 77.1 Å². The number of carbonyl (C=O) groups excluding carboxylic acids is 1. The number of amides is 1. The van der Waals surface area contributed by atoms with Crippen molar-refractivity contribution >= 4 is 38.8 Å². The van der Waals surface area contributed by atoms with E-state index in [0.717, 1.165) is 51.0 Å². The van der Waals surface area contributed by atoms with Crippen molar-refractivity contribution < 1.29 is 36.4 Å². The van der Waals surface area contributed by atoms with Crippen molar-refractivity contribution in [3.63, 3.8) is 0 Å². The smallest absolute Gasteiger partial charge is 0.411 e. The van der Waals surface area contributed by atoms with E-state index in [-0.39, 0.29) is 23.8 Å². The Kier molecular flexibility index (Phi) is 11.5. The number of hydrogen-bond acceptors (Lipinski definition) is 8. The highest BCUT2D eigenvalue weighted by Crippen LogP contribution is 2.50. The molecule has 1 spiro atoms. The molecule has 2 saturated heterocycles.